The predicted octanol–water partition coefficient (Wildman–Crippen LogP) is 3.98. The lowest BCUT2D eigenvalue weighted by molar-refractivity contribution is -0.123. The van der Waals surface area contributed by atoms with Gasteiger partial charge in [-0.05, 0) is 73.6 Å². The largest absolute Gasteiger partial charge is 0.368 e. The Kier molecular flexibility index (Phi) is 5.13. The first-order valence-electron chi connectivity index (χ1n) is 11.9. The average molecular weight is 482 g/mol. The van der Waals surface area contributed by atoms with Crippen LogP contribution in [0.5, 0.6) is 0 Å². The standard InChI is InChI=1S/C26H25ClFN3O3/c27-21-8-7-19(31-25(33)22-15-1-2-16(13-15)23(22)26(31)34)14-20(21)24(32)30-11-9-29(10-12-30)18-5-3-17(28)4-6-18/h3-8,14-16,22-23H,1-2,9-13H2/t15-,16-,22+,23+/m0/s1. The molecule has 6 rings (SSSR count). The van der Waals surface area contributed by atoms with Gasteiger partial charge in [-0.2, -0.15) is 0 Å². The van der Waals surface area contributed by atoms with Crippen LogP contribution in [0, 0.1) is 29.5 Å². The molecule has 3 amide bonds. The molecule has 6 nitrogen and oxygen atoms in total. The minimum Gasteiger partial charge on any atom is -0.368 e. The Balaban J connectivity index is 1.20. The van der Waals surface area contributed by atoms with Crippen molar-refractivity contribution in [1.29, 1.82) is 0 Å². The lowest BCUT2D eigenvalue weighted by atomic mass is 9.81. The van der Waals surface area contributed by atoms with Crippen LogP contribution >= 0.6 is 11.6 Å². The first kappa shape index (κ1) is 21.6. The second-order valence-corrected chi connectivity index (χ2v) is 10.2. The second kappa shape index (κ2) is 8.08. The molecule has 4 fully saturated rings. The number of fused-ring (bicyclic) bond motifs is 5. The zero-order valence-corrected chi connectivity index (χ0v) is 19.4. The van der Waals surface area contributed by atoms with E-state index in [1.807, 2.05) is 0 Å². The molecule has 2 bridgehead atoms. The van der Waals surface area contributed by atoms with Crippen molar-refractivity contribution in [3.63, 3.8) is 0 Å². The first-order valence-corrected chi connectivity index (χ1v) is 12.3. The molecule has 2 aliphatic heterocycles. The summed E-state index contributed by atoms with van der Waals surface area (Å²) in [5, 5.41) is 0.300. The van der Waals surface area contributed by atoms with Gasteiger partial charge >= 0.3 is 0 Å². The summed E-state index contributed by atoms with van der Waals surface area (Å²) in [6, 6.07) is 11.2. The monoisotopic (exact) mass is 481 g/mol. The third-order valence-corrected chi connectivity index (χ3v) is 8.45. The molecule has 0 N–H and O–H groups in total. The van der Waals surface area contributed by atoms with E-state index in [-0.39, 0.29) is 35.4 Å². The van der Waals surface area contributed by atoms with Crippen LogP contribution in [0.1, 0.15) is 29.6 Å². The third-order valence-electron chi connectivity index (χ3n) is 8.12. The number of benzene rings is 2. The van der Waals surface area contributed by atoms with Gasteiger partial charge in [0.1, 0.15) is 5.82 Å². The van der Waals surface area contributed by atoms with Gasteiger partial charge in [-0.1, -0.05) is 11.6 Å². The van der Waals surface area contributed by atoms with Crippen LogP contribution < -0.4 is 9.80 Å². The van der Waals surface area contributed by atoms with E-state index in [0.717, 1.165) is 24.9 Å². The Hall–Kier alpha value is -2.93. The normalized spacial score (nSPS) is 28.1. The third kappa shape index (κ3) is 3.32. The number of halogens is 2. The van der Waals surface area contributed by atoms with E-state index in [1.165, 1.54) is 17.0 Å². The van der Waals surface area contributed by atoms with Crippen molar-refractivity contribution < 1.29 is 18.8 Å². The number of nitrogens with zero attached hydrogens (tertiary/aromatic N) is 3. The van der Waals surface area contributed by atoms with Gasteiger partial charge in [0.15, 0.2) is 0 Å². The molecule has 0 spiro atoms. The van der Waals surface area contributed by atoms with Crippen LogP contribution in [-0.2, 0) is 9.59 Å². The molecule has 2 aliphatic carbocycles. The van der Waals surface area contributed by atoms with Crippen molar-refractivity contribution in [3.8, 4) is 0 Å². The molecule has 2 saturated carbocycles. The van der Waals surface area contributed by atoms with Crippen LogP contribution in [0.4, 0.5) is 15.8 Å². The fourth-order valence-electron chi connectivity index (χ4n) is 6.47. The van der Waals surface area contributed by atoms with Gasteiger partial charge in [0.25, 0.3) is 5.91 Å². The summed E-state index contributed by atoms with van der Waals surface area (Å²) in [6.45, 7) is 2.21. The molecule has 0 radical (unpaired) electrons. The number of anilines is 2. The number of carbonyl (C=O) groups is 3. The minimum atomic E-state index is -0.279. The second-order valence-electron chi connectivity index (χ2n) is 9.82. The number of carbonyl (C=O) groups excluding carboxylic acids is 3. The molecular formula is C26H25ClFN3O3. The predicted molar refractivity (Wildman–Crippen MR) is 126 cm³/mol. The molecule has 2 saturated heterocycles. The van der Waals surface area contributed by atoms with Crippen LogP contribution in [0.15, 0.2) is 42.5 Å². The van der Waals surface area contributed by atoms with Crippen molar-refractivity contribution in [2.24, 2.45) is 23.7 Å². The van der Waals surface area contributed by atoms with Gasteiger partial charge in [-0.25, -0.2) is 4.39 Å². The molecule has 4 atom stereocenters. The molecule has 34 heavy (non-hydrogen) atoms. The van der Waals surface area contributed by atoms with Crippen molar-refractivity contribution in [1.82, 2.24) is 4.90 Å². The topological polar surface area (TPSA) is 60.9 Å². The molecule has 2 aromatic carbocycles. The summed E-state index contributed by atoms with van der Waals surface area (Å²) < 4.78 is 13.2. The SMILES string of the molecule is O=C(c1cc(N2C(=O)[C@@H]3[C@H]4CC[C@@H](C4)[C@H]3C2=O)ccc1Cl)N1CCN(c2ccc(F)cc2)CC1. The fourth-order valence-corrected chi connectivity index (χ4v) is 6.67. The van der Waals surface area contributed by atoms with Crippen molar-refractivity contribution >= 4 is 40.7 Å². The Morgan fingerprint density at radius 3 is 2.06 bits per heavy atom. The van der Waals surface area contributed by atoms with Crippen LogP contribution in [-0.4, -0.2) is 48.8 Å². The highest BCUT2D eigenvalue weighted by molar-refractivity contribution is 6.34. The maximum atomic E-state index is 13.3. The highest BCUT2D eigenvalue weighted by Gasteiger charge is 2.61. The number of hydrogen-bond donors (Lipinski definition) is 0. The maximum absolute atomic E-state index is 13.3. The van der Waals surface area contributed by atoms with Crippen molar-refractivity contribution in [3.05, 3.63) is 58.9 Å². The number of hydrogen-bond acceptors (Lipinski definition) is 4. The van der Waals surface area contributed by atoms with E-state index in [1.54, 1.807) is 35.2 Å². The van der Waals surface area contributed by atoms with Crippen molar-refractivity contribution in [2.75, 3.05) is 36.0 Å². The van der Waals surface area contributed by atoms with Gasteiger partial charge in [-0.15, -0.1) is 0 Å². The van der Waals surface area contributed by atoms with E-state index in [2.05, 4.69) is 4.90 Å². The molecule has 176 valence electrons. The summed E-state index contributed by atoms with van der Waals surface area (Å²) >= 11 is 6.40. The van der Waals surface area contributed by atoms with Gasteiger partial charge in [0.2, 0.25) is 11.8 Å². The smallest absolute Gasteiger partial charge is 0.255 e. The quantitative estimate of drug-likeness (QED) is 0.622. The highest BCUT2D eigenvalue weighted by atomic mass is 35.5. The van der Waals surface area contributed by atoms with Gasteiger partial charge in [-0.3, -0.25) is 19.3 Å². The zero-order valence-electron chi connectivity index (χ0n) is 18.6. The fraction of sp³-hybridized carbons (Fsp3) is 0.423. The number of imide groups is 1. The first-order chi connectivity index (χ1) is 16.4. The molecule has 2 heterocycles. The summed E-state index contributed by atoms with van der Waals surface area (Å²) in [6.07, 6.45) is 3.02. The van der Waals surface area contributed by atoms with E-state index >= 15 is 0 Å². The molecule has 0 unspecified atom stereocenters. The minimum absolute atomic E-state index is 0.129. The molecule has 4 aliphatic rings. The van der Waals surface area contributed by atoms with E-state index in [4.69, 9.17) is 11.6 Å². The Morgan fingerprint density at radius 2 is 1.44 bits per heavy atom. The average Bonchev–Trinajstić information content (AvgIpc) is 3.53. The molecular weight excluding hydrogens is 457 g/mol. The number of piperazine rings is 1. The van der Waals surface area contributed by atoms with Gasteiger partial charge in [0, 0.05) is 31.9 Å². The van der Waals surface area contributed by atoms with Crippen molar-refractivity contribution in [2.45, 2.75) is 19.3 Å². The van der Waals surface area contributed by atoms with E-state index < -0.39 is 0 Å². The van der Waals surface area contributed by atoms with Gasteiger partial charge < -0.3 is 9.80 Å². The van der Waals surface area contributed by atoms with Crippen LogP contribution in [0.2, 0.25) is 5.02 Å². The van der Waals surface area contributed by atoms with Crippen LogP contribution in [0.25, 0.3) is 0 Å². The summed E-state index contributed by atoms with van der Waals surface area (Å²) in [5.74, 6) is -0.555. The summed E-state index contributed by atoms with van der Waals surface area (Å²) in [7, 11) is 0. The molecule has 2 aromatic rings. The highest BCUT2D eigenvalue weighted by Crippen LogP contribution is 2.56. The lowest BCUT2D eigenvalue weighted by Crippen LogP contribution is -2.48. The lowest BCUT2D eigenvalue weighted by Gasteiger charge is -2.36. The molecule has 0 aromatic heterocycles. The van der Waals surface area contributed by atoms with Gasteiger partial charge in [0.05, 0.1) is 28.1 Å². The molecule has 8 heteroatoms. The Morgan fingerprint density at radius 1 is 0.853 bits per heavy atom. The summed E-state index contributed by atoms with van der Waals surface area (Å²) in [5.41, 5.74) is 1.65. The van der Waals surface area contributed by atoms with E-state index in [9.17, 15) is 18.8 Å². The Labute approximate surface area is 202 Å². The van der Waals surface area contributed by atoms with E-state index in [0.29, 0.717) is 54.3 Å². The van der Waals surface area contributed by atoms with Crippen LogP contribution in [0.3, 0.4) is 0 Å². The number of rotatable bonds is 3. The summed E-state index contributed by atoms with van der Waals surface area (Å²) in [4.78, 5) is 44.9. The number of amides is 3. The Bertz CT molecular complexity index is 1150. The zero-order chi connectivity index (χ0) is 23.6. The maximum Gasteiger partial charge on any atom is 0.255 e.